The summed E-state index contributed by atoms with van der Waals surface area (Å²) in [6, 6.07) is 12.9. The van der Waals surface area contributed by atoms with Gasteiger partial charge in [-0.05, 0) is 42.0 Å². The van der Waals surface area contributed by atoms with Gasteiger partial charge in [-0.3, -0.25) is 4.79 Å². The van der Waals surface area contributed by atoms with Crippen molar-refractivity contribution in [2.75, 3.05) is 7.05 Å². The standard InChI is InChI=1S/C19H18FN3O3/c1-13-21-18(22-26-13)12-25-17-9-5-15(6-10-17)19(24)23(2)11-14-3-7-16(20)8-4-14/h3-10H,11-12H2,1-2H3. The zero-order valence-corrected chi connectivity index (χ0v) is 14.5. The molecule has 0 fully saturated rings. The van der Waals surface area contributed by atoms with Crippen LogP contribution in [0.15, 0.2) is 53.1 Å². The van der Waals surface area contributed by atoms with E-state index in [1.165, 1.54) is 12.1 Å². The van der Waals surface area contributed by atoms with E-state index >= 15 is 0 Å². The van der Waals surface area contributed by atoms with E-state index < -0.39 is 0 Å². The third-order valence-electron chi connectivity index (χ3n) is 3.72. The zero-order chi connectivity index (χ0) is 18.5. The van der Waals surface area contributed by atoms with Crippen LogP contribution in [0.5, 0.6) is 5.75 Å². The number of halogens is 1. The largest absolute Gasteiger partial charge is 0.485 e. The fraction of sp³-hybridized carbons (Fsp3) is 0.211. The maximum atomic E-state index is 13.0. The topological polar surface area (TPSA) is 68.5 Å². The van der Waals surface area contributed by atoms with Crippen molar-refractivity contribution in [1.29, 1.82) is 0 Å². The van der Waals surface area contributed by atoms with Crippen LogP contribution >= 0.6 is 0 Å². The highest BCUT2D eigenvalue weighted by atomic mass is 19.1. The summed E-state index contributed by atoms with van der Waals surface area (Å²) in [7, 11) is 1.70. The Morgan fingerprint density at radius 3 is 2.46 bits per heavy atom. The van der Waals surface area contributed by atoms with Crippen LogP contribution in [0, 0.1) is 12.7 Å². The van der Waals surface area contributed by atoms with E-state index in [0.717, 1.165) is 5.56 Å². The second-order valence-electron chi connectivity index (χ2n) is 5.83. The summed E-state index contributed by atoms with van der Waals surface area (Å²) in [5, 5.41) is 3.75. The van der Waals surface area contributed by atoms with Gasteiger partial charge in [-0.15, -0.1) is 0 Å². The maximum Gasteiger partial charge on any atom is 0.253 e. The van der Waals surface area contributed by atoms with Crippen LogP contribution in [0.25, 0.3) is 0 Å². The monoisotopic (exact) mass is 355 g/mol. The van der Waals surface area contributed by atoms with Crippen molar-refractivity contribution in [1.82, 2.24) is 15.0 Å². The van der Waals surface area contributed by atoms with Crippen molar-refractivity contribution in [3.05, 3.63) is 77.2 Å². The molecule has 0 unspecified atom stereocenters. The average molecular weight is 355 g/mol. The highest BCUT2D eigenvalue weighted by Crippen LogP contribution is 2.16. The molecule has 1 heterocycles. The predicted octanol–water partition coefficient (Wildman–Crippen LogP) is 3.37. The molecule has 26 heavy (non-hydrogen) atoms. The Balaban J connectivity index is 1.58. The minimum absolute atomic E-state index is 0.130. The van der Waals surface area contributed by atoms with Crippen molar-refractivity contribution < 1.29 is 18.4 Å². The summed E-state index contributed by atoms with van der Waals surface area (Å²) >= 11 is 0. The van der Waals surface area contributed by atoms with Crippen LogP contribution in [0.2, 0.25) is 0 Å². The van der Waals surface area contributed by atoms with E-state index in [1.54, 1.807) is 55.3 Å². The van der Waals surface area contributed by atoms with E-state index in [4.69, 9.17) is 9.26 Å². The summed E-state index contributed by atoms with van der Waals surface area (Å²) < 4.78 is 23.4. The van der Waals surface area contributed by atoms with Crippen molar-refractivity contribution >= 4 is 5.91 Å². The number of rotatable bonds is 6. The number of hydrogen-bond acceptors (Lipinski definition) is 5. The second kappa shape index (κ2) is 7.77. The SMILES string of the molecule is Cc1nc(COc2ccc(C(=O)N(C)Cc3ccc(F)cc3)cc2)no1. The summed E-state index contributed by atoms with van der Waals surface area (Å²) in [5.74, 6) is 1.12. The molecule has 0 aliphatic rings. The number of hydrogen-bond donors (Lipinski definition) is 0. The minimum Gasteiger partial charge on any atom is -0.485 e. The first-order valence-corrected chi connectivity index (χ1v) is 8.03. The Bertz CT molecular complexity index is 876. The molecule has 3 rings (SSSR count). The number of carbonyl (C=O) groups excluding carboxylic acids is 1. The van der Waals surface area contributed by atoms with Crippen molar-refractivity contribution in [3.8, 4) is 5.75 Å². The molecule has 1 amide bonds. The number of nitrogens with zero attached hydrogens (tertiary/aromatic N) is 3. The lowest BCUT2D eigenvalue weighted by Gasteiger charge is -2.17. The van der Waals surface area contributed by atoms with E-state index in [2.05, 4.69) is 10.1 Å². The molecule has 0 saturated carbocycles. The highest BCUT2D eigenvalue weighted by Gasteiger charge is 2.12. The Morgan fingerprint density at radius 1 is 1.15 bits per heavy atom. The van der Waals surface area contributed by atoms with Crippen LogP contribution in [-0.2, 0) is 13.2 Å². The summed E-state index contributed by atoms with van der Waals surface area (Å²) in [6.45, 7) is 2.29. The molecule has 1 aromatic heterocycles. The van der Waals surface area contributed by atoms with Crippen LogP contribution < -0.4 is 4.74 Å². The smallest absolute Gasteiger partial charge is 0.253 e. The molecule has 0 N–H and O–H groups in total. The van der Waals surface area contributed by atoms with Crippen LogP contribution in [0.1, 0.15) is 27.6 Å². The molecule has 3 aromatic rings. The van der Waals surface area contributed by atoms with E-state index in [-0.39, 0.29) is 18.3 Å². The molecule has 0 bridgehead atoms. The van der Waals surface area contributed by atoms with Gasteiger partial charge in [-0.1, -0.05) is 17.3 Å². The third-order valence-corrected chi connectivity index (χ3v) is 3.72. The Kier molecular flexibility index (Phi) is 5.26. The number of ether oxygens (including phenoxy) is 1. The number of aromatic nitrogens is 2. The number of benzene rings is 2. The fourth-order valence-corrected chi connectivity index (χ4v) is 2.40. The fourth-order valence-electron chi connectivity index (χ4n) is 2.40. The first-order valence-electron chi connectivity index (χ1n) is 8.03. The predicted molar refractivity (Wildman–Crippen MR) is 92.0 cm³/mol. The normalized spacial score (nSPS) is 10.6. The molecular weight excluding hydrogens is 337 g/mol. The van der Waals surface area contributed by atoms with Crippen molar-refractivity contribution in [2.24, 2.45) is 0 Å². The molecule has 0 aliphatic heterocycles. The van der Waals surface area contributed by atoms with Crippen LogP contribution in [0.3, 0.4) is 0 Å². The van der Waals surface area contributed by atoms with Gasteiger partial charge >= 0.3 is 0 Å². The minimum atomic E-state index is -0.297. The van der Waals surface area contributed by atoms with Gasteiger partial charge in [0.25, 0.3) is 5.91 Å². The average Bonchev–Trinajstić information content (AvgIpc) is 3.07. The van der Waals surface area contributed by atoms with Gasteiger partial charge in [0.2, 0.25) is 11.7 Å². The van der Waals surface area contributed by atoms with Gasteiger partial charge in [-0.2, -0.15) is 4.98 Å². The molecular formula is C19H18FN3O3. The van der Waals surface area contributed by atoms with E-state index in [9.17, 15) is 9.18 Å². The third kappa shape index (κ3) is 4.44. The quantitative estimate of drug-likeness (QED) is 0.678. The first-order chi connectivity index (χ1) is 12.5. The molecule has 6 nitrogen and oxygen atoms in total. The summed E-state index contributed by atoms with van der Waals surface area (Å²) in [6.07, 6.45) is 0. The summed E-state index contributed by atoms with van der Waals surface area (Å²) in [5.41, 5.74) is 1.40. The number of aryl methyl sites for hydroxylation is 1. The lowest BCUT2D eigenvalue weighted by molar-refractivity contribution is 0.0785. The molecule has 0 aliphatic carbocycles. The molecule has 2 aromatic carbocycles. The van der Waals surface area contributed by atoms with Gasteiger partial charge in [0.1, 0.15) is 11.6 Å². The van der Waals surface area contributed by atoms with Gasteiger partial charge in [0.05, 0.1) is 0 Å². The van der Waals surface area contributed by atoms with Gasteiger partial charge < -0.3 is 14.2 Å². The molecule has 0 radical (unpaired) electrons. The van der Waals surface area contributed by atoms with E-state index in [1.807, 2.05) is 0 Å². The Morgan fingerprint density at radius 2 is 1.85 bits per heavy atom. The second-order valence-corrected chi connectivity index (χ2v) is 5.83. The molecule has 7 heteroatoms. The molecule has 0 atom stereocenters. The van der Waals surface area contributed by atoms with Gasteiger partial charge in [0.15, 0.2) is 6.61 Å². The van der Waals surface area contributed by atoms with Crippen molar-refractivity contribution in [2.45, 2.75) is 20.1 Å². The Labute approximate surface area is 150 Å². The lowest BCUT2D eigenvalue weighted by Crippen LogP contribution is -2.26. The zero-order valence-electron chi connectivity index (χ0n) is 14.5. The molecule has 0 saturated heterocycles. The van der Waals surface area contributed by atoms with Crippen LogP contribution in [0.4, 0.5) is 4.39 Å². The Hall–Kier alpha value is -3.22. The van der Waals surface area contributed by atoms with Gasteiger partial charge in [0, 0.05) is 26.1 Å². The molecule has 134 valence electrons. The van der Waals surface area contributed by atoms with Crippen LogP contribution in [-0.4, -0.2) is 28.0 Å². The highest BCUT2D eigenvalue weighted by molar-refractivity contribution is 5.94. The van der Waals surface area contributed by atoms with Gasteiger partial charge in [-0.25, -0.2) is 4.39 Å². The summed E-state index contributed by atoms with van der Waals surface area (Å²) in [4.78, 5) is 18.1. The first kappa shape index (κ1) is 17.6. The van der Waals surface area contributed by atoms with E-state index in [0.29, 0.717) is 29.6 Å². The molecule has 0 spiro atoms. The lowest BCUT2D eigenvalue weighted by atomic mass is 10.1. The van der Waals surface area contributed by atoms with Crippen molar-refractivity contribution in [3.63, 3.8) is 0 Å². The maximum absolute atomic E-state index is 13.0. The number of amides is 1. The number of carbonyl (C=O) groups is 1.